The molecular formula is C12H24OTe. The van der Waals surface area contributed by atoms with Crippen molar-refractivity contribution in [1.82, 2.24) is 0 Å². The fraction of sp³-hybridized carbons (Fsp3) is 0.833. The molecular weight excluding hydrogens is 288 g/mol. The van der Waals surface area contributed by atoms with Crippen LogP contribution in [0.3, 0.4) is 0 Å². The molecule has 0 saturated carbocycles. The standard InChI is InChI=1S/C12H24OTe/c1-4-6-8-12(10-11(3)13)14-9-7-5-2/h10-11,13H,4-9H2,1-3H3/b12-10-/t11-/m0/s1. The van der Waals surface area contributed by atoms with Gasteiger partial charge in [0.25, 0.3) is 0 Å². The Kier molecular flexibility index (Phi) is 10.4. The minimum atomic E-state index is -0.242. The number of unbranched alkanes of at least 4 members (excludes halogenated alkanes) is 2. The Labute approximate surface area is 99.1 Å². The second-order valence-corrected chi connectivity index (χ2v) is 7.16. The molecule has 14 heavy (non-hydrogen) atoms. The van der Waals surface area contributed by atoms with Crippen molar-refractivity contribution < 1.29 is 5.11 Å². The summed E-state index contributed by atoms with van der Waals surface area (Å²) >= 11 is 0.0308. The topological polar surface area (TPSA) is 20.2 Å². The van der Waals surface area contributed by atoms with Gasteiger partial charge in [-0.05, 0) is 0 Å². The molecule has 0 saturated heterocycles. The van der Waals surface area contributed by atoms with Crippen LogP contribution in [0.25, 0.3) is 0 Å². The van der Waals surface area contributed by atoms with Crippen LogP contribution in [0, 0.1) is 0 Å². The van der Waals surface area contributed by atoms with Crippen molar-refractivity contribution >= 4 is 20.9 Å². The van der Waals surface area contributed by atoms with E-state index in [0.29, 0.717) is 0 Å². The number of rotatable bonds is 8. The molecule has 0 aliphatic carbocycles. The first kappa shape index (κ1) is 14.5. The van der Waals surface area contributed by atoms with E-state index >= 15 is 0 Å². The average molecular weight is 312 g/mol. The molecule has 1 atom stereocenters. The summed E-state index contributed by atoms with van der Waals surface area (Å²) in [6.07, 6.45) is 8.30. The molecule has 0 aromatic heterocycles. The van der Waals surface area contributed by atoms with Crippen LogP contribution in [-0.4, -0.2) is 32.1 Å². The van der Waals surface area contributed by atoms with Crippen molar-refractivity contribution in [1.29, 1.82) is 0 Å². The molecule has 2 heteroatoms. The fourth-order valence-electron chi connectivity index (χ4n) is 1.17. The number of hydrogen-bond acceptors (Lipinski definition) is 1. The molecule has 0 aromatic rings. The maximum atomic E-state index is 9.32. The van der Waals surface area contributed by atoms with Gasteiger partial charge < -0.3 is 0 Å². The molecule has 0 spiro atoms. The second-order valence-electron chi connectivity index (χ2n) is 3.68. The number of aliphatic hydroxyl groups excluding tert-OH is 1. The van der Waals surface area contributed by atoms with Crippen LogP contribution in [0.1, 0.15) is 52.9 Å². The van der Waals surface area contributed by atoms with Crippen molar-refractivity contribution in [2.75, 3.05) is 0 Å². The van der Waals surface area contributed by atoms with Crippen LogP contribution >= 0.6 is 0 Å². The molecule has 84 valence electrons. The molecule has 1 N–H and O–H groups in total. The van der Waals surface area contributed by atoms with Crippen LogP contribution in [0.4, 0.5) is 0 Å². The fourth-order valence-corrected chi connectivity index (χ4v) is 4.82. The summed E-state index contributed by atoms with van der Waals surface area (Å²) in [5.41, 5.74) is 0. The molecule has 0 bridgehead atoms. The van der Waals surface area contributed by atoms with Gasteiger partial charge in [-0.25, -0.2) is 0 Å². The van der Waals surface area contributed by atoms with E-state index in [2.05, 4.69) is 19.9 Å². The van der Waals surface area contributed by atoms with Crippen LogP contribution in [0.2, 0.25) is 4.47 Å². The van der Waals surface area contributed by atoms with Gasteiger partial charge in [-0.2, -0.15) is 0 Å². The Bertz CT molecular complexity index is 152. The van der Waals surface area contributed by atoms with Crippen LogP contribution in [-0.2, 0) is 0 Å². The monoisotopic (exact) mass is 314 g/mol. The zero-order chi connectivity index (χ0) is 10.8. The van der Waals surface area contributed by atoms with Gasteiger partial charge in [0.15, 0.2) is 0 Å². The first-order chi connectivity index (χ1) is 6.70. The molecule has 1 nitrogen and oxygen atoms in total. The van der Waals surface area contributed by atoms with Crippen LogP contribution < -0.4 is 0 Å². The Morgan fingerprint density at radius 3 is 2.43 bits per heavy atom. The van der Waals surface area contributed by atoms with Crippen LogP contribution in [0.15, 0.2) is 9.70 Å². The Balaban J connectivity index is 3.84. The zero-order valence-electron chi connectivity index (χ0n) is 9.75. The van der Waals surface area contributed by atoms with Crippen molar-refractivity contribution in [3.63, 3.8) is 0 Å². The van der Waals surface area contributed by atoms with Crippen LogP contribution in [0.5, 0.6) is 0 Å². The van der Waals surface area contributed by atoms with Gasteiger partial charge in [0.2, 0.25) is 0 Å². The SMILES string of the molecule is CCCC[Te]/C(=C\[C@H](C)O)CCCC. The normalized spacial score (nSPS) is 14.4. The average Bonchev–Trinajstić information content (AvgIpc) is 2.13. The summed E-state index contributed by atoms with van der Waals surface area (Å²) in [5, 5.41) is 9.32. The third kappa shape index (κ3) is 9.06. The molecule has 0 unspecified atom stereocenters. The van der Waals surface area contributed by atoms with E-state index in [9.17, 15) is 5.11 Å². The van der Waals surface area contributed by atoms with E-state index in [1.54, 1.807) is 3.62 Å². The third-order valence-corrected chi connectivity index (χ3v) is 5.42. The summed E-state index contributed by atoms with van der Waals surface area (Å²) in [6, 6.07) is 0. The van der Waals surface area contributed by atoms with Crippen molar-refractivity contribution in [3.05, 3.63) is 9.70 Å². The molecule has 0 aromatic carbocycles. The zero-order valence-corrected chi connectivity index (χ0v) is 12.1. The van der Waals surface area contributed by atoms with E-state index in [4.69, 9.17) is 0 Å². The van der Waals surface area contributed by atoms with Gasteiger partial charge in [-0.15, -0.1) is 0 Å². The van der Waals surface area contributed by atoms with Gasteiger partial charge >= 0.3 is 99.2 Å². The molecule has 0 aliphatic rings. The number of aliphatic hydroxyl groups is 1. The van der Waals surface area contributed by atoms with Gasteiger partial charge in [-0.3, -0.25) is 0 Å². The molecule has 0 fully saturated rings. The summed E-state index contributed by atoms with van der Waals surface area (Å²) in [5.74, 6) is 0. The molecule has 0 rings (SSSR count). The Morgan fingerprint density at radius 1 is 1.29 bits per heavy atom. The minimum absolute atomic E-state index is 0.0308. The summed E-state index contributed by atoms with van der Waals surface area (Å²) < 4.78 is 2.99. The van der Waals surface area contributed by atoms with Crippen molar-refractivity contribution in [3.8, 4) is 0 Å². The van der Waals surface area contributed by atoms with E-state index in [1.165, 1.54) is 36.6 Å². The Hall–Kier alpha value is 0.490. The quantitative estimate of drug-likeness (QED) is 0.538. The predicted molar refractivity (Wildman–Crippen MR) is 64.8 cm³/mol. The van der Waals surface area contributed by atoms with E-state index in [-0.39, 0.29) is 27.0 Å². The van der Waals surface area contributed by atoms with Gasteiger partial charge in [-0.1, -0.05) is 0 Å². The number of hydrogen-bond donors (Lipinski definition) is 1. The summed E-state index contributed by atoms with van der Waals surface area (Å²) in [4.78, 5) is 0. The first-order valence-electron chi connectivity index (χ1n) is 5.72. The molecule has 0 radical (unpaired) electrons. The van der Waals surface area contributed by atoms with Gasteiger partial charge in [0, 0.05) is 0 Å². The van der Waals surface area contributed by atoms with E-state index < -0.39 is 0 Å². The van der Waals surface area contributed by atoms with Gasteiger partial charge in [0.1, 0.15) is 0 Å². The van der Waals surface area contributed by atoms with Gasteiger partial charge in [0.05, 0.1) is 0 Å². The molecule has 0 aliphatic heterocycles. The van der Waals surface area contributed by atoms with Crippen molar-refractivity contribution in [2.24, 2.45) is 0 Å². The summed E-state index contributed by atoms with van der Waals surface area (Å²) in [6.45, 7) is 6.34. The van der Waals surface area contributed by atoms with Crippen molar-refractivity contribution in [2.45, 2.75) is 63.4 Å². The van der Waals surface area contributed by atoms with E-state index in [0.717, 1.165) is 0 Å². The number of allylic oxidation sites excluding steroid dienone is 1. The Morgan fingerprint density at radius 2 is 1.93 bits per heavy atom. The maximum absolute atomic E-state index is 9.32. The molecule has 0 amide bonds. The van der Waals surface area contributed by atoms with E-state index in [1.807, 2.05) is 6.92 Å². The summed E-state index contributed by atoms with van der Waals surface area (Å²) in [7, 11) is 0. The second kappa shape index (κ2) is 10.0. The molecule has 0 heterocycles. The first-order valence-corrected chi connectivity index (χ1v) is 8.53. The predicted octanol–water partition coefficient (Wildman–Crippen LogP) is 3.36. The third-order valence-electron chi connectivity index (χ3n) is 1.99.